The van der Waals surface area contributed by atoms with Gasteiger partial charge in [0.1, 0.15) is 5.60 Å². The second-order valence-corrected chi connectivity index (χ2v) is 4.59. The fraction of sp³-hybridized carbons (Fsp3) is 0.462. The number of carbonyl (C=O) groups is 1. The van der Waals surface area contributed by atoms with Crippen LogP contribution in [0.5, 0.6) is 0 Å². The molecule has 1 aliphatic carbocycles. The van der Waals surface area contributed by atoms with Crippen molar-refractivity contribution >= 4 is 5.78 Å². The zero-order chi connectivity index (χ0) is 12.5. The highest BCUT2D eigenvalue weighted by Crippen LogP contribution is 2.31. The van der Waals surface area contributed by atoms with Gasteiger partial charge < -0.3 is 5.11 Å². The highest BCUT2D eigenvalue weighted by atomic mass is 19.2. The molecule has 0 saturated heterocycles. The Morgan fingerprint density at radius 2 is 1.88 bits per heavy atom. The molecule has 1 aromatic rings. The summed E-state index contributed by atoms with van der Waals surface area (Å²) < 4.78 is 25.7. The zero-order valence-electron chi connectivity index (χ0n) is 9.38. The molecule has 0 bridgehead atoms. The number of hydrogen-bond acceptors (Lipinski definition) is 2. The van der Waals surface area contributed by atoms with Crippen molar-refractivity contribution in [3.05, 3.63) is 35.4 Å². The first-order valence-electron chi connectivity index (χ1n) is 5.71. The van der Waals surface area contributed by atoms with E-state index in [9.17, 15) is 18.7 Å². The Hall–Kier alpha value is -1.29. The molecule has 0 unspecified atom stereocenters. The molecule has 17 heavy (non-hydrogen) atoms. The van der Waals surface area contributed by atoms with Crippen molar-refractivity contribution in [1.29, 1.82) is 0 Å². The Morgan fingerprint density at radius 1 is 1.24 bits per heavy atom. The highest BCUT2D eigenvalue weighted by Gasteiger charge is 2.38. The summed E-state index contributed by atoms with van der Waals surface area (Å²) in [5, 5.41) is 10.0. The molecule has 1 aromatic carbocycles. The number of rotatable bonds is 3. The number of hydrogen-bond donors (Lipinski definition) is 1. The van der Waals surface area contributed by atoms with Crippen LogP contribution in [0.2, 0.25) is 0 Å². The summed E-state index contributed by atoms with van der Waals surface area (Å²) in [5.74, 6) is -2.20. The molecule has 1 saturated carbocycles. The van der Waals surface area contributed by atoms with Crippen LogP contribution < -0.4 is 0 Å². The lowest BCUT2D eigenvalue weighted by atomic mass is 9.92. The average molecular weight is 240 g/mol. The summed E-state index contributed by atoms with van der Waals surface area (Å²) in [7, 11) is 0. The number of halogens is 2. The fourth-order valence-corrected chi connectivity index (χ4v) is 2.24. The molecule has 0 atom stereocenters. The van der Waals surface area contributed by atoms with Crippen LogP contribution in [0.3, 0.4) is 0 Å². The van der Waals surface area contributed by atoms with Gasteiger partial charge in [0, 0.05) is 6.42 Å². The zero-order valence-corrected chi connectivity index (χ0v) is 9.38. The third kappa shape index (κ3) is 2.52. The van der Waals surface area contributed by atoms with E-state index in [0.29, 0.717) is 18.4 Å². The van der Waals surface area contributed by atoms with Gasteiger partial charge in [0.15, 0.2) is 17.4 Å². The molecule has 0 amide bonds. The van der Waals surface area contributed by atoms with Crippen molar-refractivity contribution in [2.24, 2.45) is 0 Å². The van der Waals surface area contributed by atoms with Gasteiger partial charge in [0.2, 0.25) is 0 Å². The van der Waals surface area contributed by atoms with Gasteiger partial charge in [-0.25, -0.2) is 8.78 Å². The molecule has 2 rings (SSSR count). The van der Waals surface area contributed by atoms with E-state index >= 15 is 0 Å². The van der Waals surface area contributed by atoms with Crippen LogP contribution in [-0.4, -0.2) is 16.5 Å². The van der Waals surface area contributed by atoms with Gasteiger partial charge in [0.25, 0.3) is 0 Å². The summed E-state index contributed by atoms with van der Waals surface area (Å²) in [5.41, 5.74) is -0.862. The summed E-state index contributed by atoms with van der Waals surface area (Å²) in [4.78, 5) is 11.9. The normalized spacial score (nSPS) is 18.3. The van der Waals surface area contributed by atoms with E-state index in [1.54, 1.807) is 0 Å². The molecule has 1 aliphatic rings. The van der Waals surface area contributed by atoms with Crippen molar-refractivity contribution in [3.63, 3.8) is 0 Å². The summed E-state index contributed by atoms with van der Waals surface area (Å²) >= 11 is 0. The molecule has 4 heteroatoms. The van der Waals surface area contributed by atoms with Crippen LogP contribution in [0, 0.1) is 11.6 Å². The van der Waals surface area contributed by atoms with E-state index in [1.165, 1.54) is 6.07 Å². The number of ketones is 1. The van der Waals surface area contributed by atoms with Gasteiger partial charge >= 0.3 is 0 Å². The smallest absolute Gasteiger partial charge is 0.168 e. The Labute approximate surface area is 98.3 Å². The number of carbonyl (C=O) groups excluding carboxylic acids is 1. The van der Waals surface area contributed by atoms with E-state index in [4.69, 9.17) is 0 Å². The molecule has 1 N–H and O–H groups in total. The third-order valence-electron chi connectivity index (χ3n) is 3.30. The van der Waals surface area contributed by atoms with E-state index in [-0.39, 0.29) is 12.2 Å². The Kier molecular flexibility index (Phi) is 3.24. The van der Waals surface area contributed by atoms with E-state index < -0.39 is 17.2 Å². The molecule has 0 aromatic heterocycles. The predicted molar refractivity (Wildman–Crippen MR) is 58.5 cm³/mol. The fourth-order valence-electron chi connectivity index (χ4n) is 2.24. The number of benzene rings is 1. The lowest BCUT2D eigenvalue weighted by Gasteiger charge is -2.20. The van der Waals surface area contributed by atoms with Crippen LogP contribution in [0.1, 0.15) is 31.2 Å². The second-order valence-electron chi connectivity index (χ2n) is 4.59. The largest absolute Gasteiger partial charge is 0.382 e. The van der Waals surface area contributed by atoms with E-state index in [1.807, 2.05) is 0 Å². The standard InChI is InChI=1S/C13H14F2O2/c14-10-4-3-9(7-11(10)15)8-12(16)13(17)5-1-2-6-13/h3-4,7,17H,1-2,5-6,8H2. The maximum atomic E-state index is 13.0. The van der Waals surface area contributed by atoms with Crippen molar-refractivity contribution in [3.8, 4) is 0 Å². The monoisotopic (exact) mass is 240 g/mol. The molecule has 0 aliphatic heterocycles. The molecular formula is C13H14F2O2. The minimum absolute atomic E-state index is 0.0479. The van der Waals surface area contributed by atoms with E-state index in [2.05, 4.69) is 0 Å². The quantitative estimate of drug-likeness (QED) is 0.880. The molecule has 0 heterocycles. The Bertz CT molecular complexity index is 437. The van der Waals surface area contributed by atoms with Crippen LogP contribution in [0.15, 0.2) is 18.2 Å². The van der Waals surface area contributed by atoms with Gasteiger partial charge in [0.05, 0.1) is 0 Å². The maximum absolute atomic E-state index is 13.0. The minimum atomic E-state index is -1.26. The average Bonchev–Trinajstić information content (AvgIpc) is 2.72. The Balaban J connectivity index is 2.10. The summed E-state index contributed by atoms with van der Waals surface area (Å²) in [6.45, 7) is 0. The summed E-state index contributed by atoms with van der Waals surface area (Å²) in [6.07, 6.45) is 2.55. The third-order valence-corrected chi connectivity index (χ3v) is 3.30. The maximum Gasteiger partial charge on any atom is 0.168 e. The Morgan fingerprint density at radius 3 is 2.47 bits per heavy atom. The van der Waals surface area contributed by atoms with Crippen LogP contribution >= 0.6 is 0 Å². The van der Waals surface area contributed by atoms with Crippen molar-refractivity contribution in [1.82, 2.24) is 0 Å². The molecule has 1 fully saturated rings. The van der Waals surface area contributed by atoms with Gasteiger partial charge in [-0.2, -0.15) is 0 Å². The van der Waals surface area contributed by atoms with E-state index in [0.717, 1.165) is 25.0 Å². The first kappa shape index (κ1) is 12.2. The van der Waals surface area contributed by atoms with Crippen LogP contribution in [0.25, 0.3) is 0 Å². The predicted octanol–water partition coefficient (Wildman–Crippen LogP) is 2.38. The topological polar surface area (TPSA) is 37.3 Å². The molecular weight excluding hydrogens is 226 g/mol. The SMILES string of the molecule is O=C(Cc1ccc(F)c(F)c1)C1(O)CCCC1. The lowest BCUT2D eigenvalue weighted by Crippen LogP contribution is -2.36. The highest BCUT2D eigenvalue weighted by molar-refractivity contribution is 5.89. The first-order chi connectivity index (χ1) is 8.01. The van der Waals surface area contributed by atoms with Crippen molar-refractivity contribution < 1.29 is 18.7 Å². The number of aliphatic hydroxyl groups is 1. The molecule has 0 radical (unpaired) electrons. The van der Waals surface area contributed by atoms with Crippen LogP contribution in [0.4, 0.5) is 8.78 Å². The molecule has 0 spiro atoms. The van der Waals surface area contributed by atoms with Gasteiger partial charge in [-0.3, -0.25) is 4.79 Å². The lowest BCUT2D eigenvalue weighted by molar-refractivity contribution is -0.136. The molecule has 2 nitrogen and oxygen atoms in total. The van der Waals surface area contributed by atoms with Crippen molar-refractivity contribution in [2.45, 2.75) is 37.7 Å². The number of Topliss-reactive ketones (excluding diaryl/α,β-unsaturated/α-hetero) is 1. The van der Waals surface area contributed by atoms with Gasteiger partial charge in [-0.15, -0.1) is 0 Å². The second kappa shape index (κ2) is 4.53. The summed E-state index contributed by atoms with van der Waals surface area (Å²) in [6, 6.07) is 3.37. The van der Waals surface area contributed by atoms with Crippen LogP contribution in [-0.2, 0) is 11.2 Å². The molecule has 92 valence electrons. The van der Waals surface area contributed by atoms with Gasteiger partial charge in [-0.1, -0.05) is 6.07 Å². The first-order valence-corrected chi connectivity index (χ1v) is 5.71. The minimum Gasteiger partial charge on any atom is -0.382 e. The van der Waals surface area contributed by atoms with Gasteiger partial charge in [-0.05, 0) is 43.4 Å². The van der Waals surface area contributed by atoms with Crippen molar-refractivity contribution in [2.75, 3.05) is 0 Å².